The van der Waals surface area contributed by atoms with Crippen molar-refractivity contribution in [3.05, 3.63) is 59.7 Å². The molecular formula is C17H16O4. The number of para-hydroxylation sites is 1. The summed E-state index contributed by atoms with van der Waals surface area (Å²) in [6.07, 6.45) is 0.757. The Morgan fingerprint density at radius 1 is 1.05 bits per heavy atom. The standard InChI is InChI=1S/C17H16O4/c1-2-20-17-6-4-3-5-15(17)16(19)12-21-14-9-7-13(11-18)8-10-14/h3-11H,2,12H2,1H3. The van der Waals surface area contributed by atoms with E-state index in [1.807, 2.05) is 13.0 Å². The molecule has 0 aliphatic heterocycles. The highest BCUT2D eigenvalue weighted by Gasteiger charge is 2.12. The van der Waals surface area contributed by atoms with Crippen LogP contribution in [-0.4, -0.2) is 25.3 Å². The highest BCUT2D eigenvalue weighted by atomic mass is 16.5. The maximum atomic E-state index is 12.2. The van der Waals surface area contributed by atoms with Crippen molar-refractivity contribution >= 4 is 12.1 Å². The molecule has 0 atom stereocenters. The maximum absolute atomic E-state index is 12.2. The van der Waals surface area contributed by atoms with E-state index >= 15 is 0 Å². The Kier molecular flexibility index (Phi) is 5.10. The average molecular weight is 284 g/mol. The molecule has 2 aromatic rings. The van der Waals surface area contributed by atoms with Crippen LogP contribution in [0, 0.1) is 0 Å². The summed E-state index contributed by atoms with van der Waals surface area (Å²) >= 11 is 0. The number of benzene rings is 2. The van der Waals surface area contributed by atoms with Crippen LogP contribution in [0.15, 0.2) is 48.5 Å². The number of aldehydes is 1. The highest BCUT2D eigenvalue weighted by Crippen LogP contribution is 2.19. The molecule has 4 heteroatoms. The molecule has 2 rings (SSSR count). The number of hydrogen-bond acceptors (Lipinski definition) is 4. The van der Waals surface area contributed by atoms with Crippen molar-refractivity contribution in [1.82, 2.24) is 0 Å². The van der Waals surface area contributed by atoms with Gasteiger partial charge in [-0.2, -0.15) is 0 Å². The van der Waals surface area contributed by atoms with Crippen molar-refractivity contribution in [1.29, 1.82) is 0 Å². The third-order valence-corrected chi connectivity index (χ3v) is 2.87. The summed E-state index contributed by atoms with van der Waals surface area (Å²) in [5.41, 5.74) is 1.07. The Labute approximate surface area is 123 Å². The zero-order chi connectivity index (χ0) is 15.1. The van der Waals surface area contributed by atoms with Gasteiger partial charge in [-0.3, -0.25) is 9.59 Å². The first-order valence-corrected chi connectivity index (χ1v) is 6.67. The quantitative estimate of drug-likeness (QED) is 0.579. The summed E-state index contributed by atoms with van der Waals surface area (Å²) in [4.78, 5) is 22.7. The van der Waals surface area contributed by atoms with Gasteiger partial charge in [0.05, 0.1) is 12.2 Å². The monoisotopic (exact) mass is 284 g/mol. The van der Waals surface area contributed by atoms with Crippen molar-refractivity contribution in [2.24, 2.45) is 0 Å². The lowest BCUT2D eigenvalue weighted by molar-refractivity contribution is 0.0917. The second-order valence-electron chi connectivity index (χ2n) is 4.33. The Morgan fingerprint density at radius 2 is 1.76 bits per heavy atom. The largest absolute Gasteiger partial charge is 0.493 e. The van der Waals surface area contributed by atoms with Gasteiger partial charge in [0.2, 0.25) is 5.78 Å². The van der Waals surface area contributed by atoms with Crippen LogP contribution in [-0.2, 0) is 0 Å². The fourth-order valence-electron chi connectivity index (χ4n) is 1.85. The van der Waals surface area contributed by atoms with E-state index < -0.39 is 0 Å². The summed E-state index contributed by atoms with van der Waals surface area (Å²) in [7, 11) is 0. The van der Waals surface area contributed by atoms with Crippen LogP contribution in [0.2, 0.25) is 0 Å². The fourth-order valence-corrected chi connectivity index (χ4v) is 1.85. The normalized spacial score (nSPS) is 9.95. The van der Waals surface area contributed by atoms with Gasteiger partial charge < -0.3 is 9.47 Å². The molecule has 0 unspecified atom stereocenters. The Balaban J connectivity index is 2.02. The van der Waals surface area contributed by atoms with E-state index in [0.717, 1.165) is 6.29 Å². The molecule has 0 saturated heterocycles. The topological polar surface area (TPSA) is 52.6 Å². The van der Waals surface area contributed by atoms with E-state index in [2.05, 4.69) is 0 Å². The van der Waals surface area contributed by atoms with Gasteiger partial charge in [-0.15, -0.1) is 0 Å². The molecule has 0 heterocycles. The summed E-state index contributed by atoms with van der Waals surface area (Å²) < 4.78 is 10.9. The van der Waals surface area contributed by atoms with E-state index in [4.69, 9.17) is 9.47 Å². The summed E-state index contributed by atoms with van der Waals surface area (Å²) in [5, 5.41) is 0. The molecule has 2 aromatic carbocycles. The van der Waals surface area contributed by atoms with Crippen LogP contribution in [0.5, 0.6) is 11.5 Å². The van der Waals surface area contributed by atoms with Crippen LogP contribution >= 0.6 is 0 Å². The van der Waals surface area contributed by atoms with Crippen LogP contribution in [0.3, 0.4) is 0 Å². The molecule has 21 heavy (non-hydrogen) atoms. The first-order valence-electron chi connectivity index (χ1n) is 6.67. The molecule has 0 N–H and O–H groups in total. The van der Waals surface area contributed by atoms with Crippen molar-refractivity contribution in [3.63, 3.8) is 0 Å². The molecular weight excluding hydrogens is 268 g/mol. The van der Waals surface area contributed by atoms with Gasteiger partial charge >= 0.3 is 0 Å². The van der Waals surface area contributed by atoms with Gasteiger partial charge in [0.1, 0.15) is 17.8 Å². The van der Waals surface area contributed by atoms with Crippen LogP contribution < -0.4 is 9.47 Å². The molecule has 108 valence electrons. The predicted octanol–water partition coefficient (Wildman–Crippen LogP) is 3.16. The van der Waals surface area contributed by atoms with Crippen molar-refractivity contribution in [2.75, 3.05) is 13.2 Å². The Morgan fingerprint density at radius 3 is 2.43 bits per heavy atom. The molecule has 0 aromatic heterocycles. The number of carbonyl (C=O) groups is 2. The summed E-state index contributed by atoms with van der Waals surface area (Å²) in [5.74, 6) is 0.950. The van der Waals surface area contributed by atoms with Crippen molar-refractivity contribution in [3.8, 4) is 11.5 Å². The Bertz CT molecular complexity index is 617. The minimum absolute atomic E-state index is 0.0788. The first kappa shape index (κ1) is 14.8. The fraction of sp³-hybridized carbons (Fsp3) is 0.176. The maximum Gasteiger partial charge on any atom is 0.203 e. The molecule has 0 aliphatic rings. The van der Waals surface area contributed by atoms with Gasteiger partial charge in [-0.1, -0.05) is 12.1 Å². The molecule has 0 fully saturated rings. The number of carbonyl (C=O) groups excluding carboxylic acids is 2. The number of ketones is 1. The zero-order valence-corrected chi connectivity index (χ0v) is 11.7. The minimum atomic E-state index is -0.154. The van der Waals surface area contributed by atoms with Crippen LogP contribution in [0.25, 0.3) is 0 Å². The number of ether oxygens (including phenoxy) is 2. The predicted molar refractivity (Wildman–Crippen MR) is 79.3 cm³/mol. The average Bonchev–Trinajstić information content (AvgIpc) is 2.54. The third kappa shape index (κ3) is 3.92. The Hall–Kier alpha value is -2.62. The number of hydrogen-bond donors (Lipinski definition) is 0. The van der Waals surface area contributed by atoms with Crippen molar-refractivity contribution in [2.45, 2.75) is 6.92 Å². The molecule has 0 radical (unpaired) electrons. The summed E-state index contributed by atoms with van der Waals surface area (Å²) in [6.45, 7) is 2.29. The van der Waals surface area contributed by atoms with E-state index in [9.17, 15) is 9.59 Å². The molecule has 0 aliphatic carbocycles. The van der Waals surface area contributed by atoms with Gasteiger partial charge in [0, 0.05) is 5.56 Å². The van der Waals surface area contributed by atoms with E-state index in [-0.39, 0.29) is 12.4 Å². The summed E-state index contributed by atoms with van der Waals surface area (Å²) in [6, 6.07) is 13.7. The van der Waals surface area contributed by atoms with E-state index in [0.29, 0.717) is 29.2 Å². The van der Waals surface area contributed by atoms with Gasteiger partial charge in [0.25, 0.3) is 0 Å². The van der Waals surface area contributed by atoms with Gasteiger partial charge in [-0.25, -0.2) is 0 Å². The van der Waals surface area contributed by atoms with E-state index in [1.54, 1.807) is 42.5 Å². The van der Waals surface area contributed by atoms with Crippen LogP contribution in [0.1, 0.15) is 27.6 Å². The molecule has 0 saturated carbocycles. The van der Waals surface area contributed by atoms with Gasteiger partial charge in [0.15, 0.2) is 6.61 Å². The minimum Gasteiger partial charge on any atom is -0.493 e. The highest BCUT2D eigenvalue weighted by molar-refractivity contribution is 5.99. The van der Waals surface area contributed by atoms with Crippen molar-refractivity contribution < 1.29 is 19.1 Å². The second-order valence-corrected chi connectivity index (χ2v) is 4.33. The smallest absolute Gasteiger partial charge is 0.203 e. The van der Waals surface area contributed by atoms with Crippen LogP contribution in [0.4, 0.5) is 0 Å². The number of rotatable bonds is 7. The number of Topliss-reactive ketones (excluding diaryl/α,β-unsaturated/α-hetero) is 1. The molecule has 4 nitrogen and oxygen atoms in total. The lowest BCUT2D eigenvalue weighted by atomic mass is 10.1. The first-order chi connectivity index (χ1) is 10.2. The third-order valence-electron chi connectivity index (χ3n) is 2.87. The SMILES string of the molecule is CCOc1ccccc1C(=O)COc1ccc(C=O)cc1. The molecule has 0 amide bonds. The van der Waals surface area contributed by atoms with Gasteiger partial charge in [-0.05, 0) is 43.3 Å². The lowest BCUT2D eigenvalue weighted by Crippen LogP contribution is -2.13. The molecule has 0 spiro atoms. The zero-order valence-electron chi connectivity index (χ0n) is 11.7. The lowest BCUT2D eigenvalue weighted by Gasteiger charge is -2.10. The van der Waals surface area contributed by atoms with E-state index in [1.165, 1.54) is 0 Å². The molecule has 0 bridgehead atoms. The second kappa shape index (κ2) is 7.24.